The standard InChI is InChI=1S/C19H25N3O3/c1-13-6-8-15(9-7-13)19(3)17(24)22(18(25)20-19)12-16(23)21-10-4-5-14(2)11-21/h6-9,14H,4-5,10-12H2,1-3H3,(H,20,25). The quantitative estimate of drug-likeness (QED) is 0.854. The monoisotopic (exact) mass is 343 g/mol. The van der Waals surface area contributed by atoms with E-state index in [9.17, 15) is 14.4 Å². The van der Waals surface area contributed by atoms with Crippen molar-refractivity contribution in [1.29, 1.82) is 0 Å². The predicted octanol–water partition coefficient (Wildman–Crippen LogP) is 2.02. The second-order valence-electron chi connectivity index (χ2n) is 7.40. The molecule has 3 rings (SSSR count). The molecule has 2 heterocycles. The zero-order valence-corrected chi connectivity index (χ0v) is 15.0. The molecule has 0 spiro atoms. The van der Waals surface area contributed by atoms with E-state index in [0.717, 1.165) is 28.9 Å². The van der Waals surface area contributed by atoms with E-state index in [1.807, 2.05) is 31.2 Å². The number of aryl methyl sites for hydroxylation is 1. The molecule has 2 saturated heterocycles. The summed E-state index contributed by atoms with van der Waals surface area (Å²) in [4.78, 5) is 40.6. The number of benzene rings is 1. The van der Waals surface area contributed by atoms with Gasteiger partial charge in [0.15, 0.2) is 0 Å². The van der Waals surface area contributed by atoms with Crippen LogP contribution in [0.3, 0.4) is 0 Å². The van der Waals surface area contributed by atoms with Gasteiger partial charge in [-0.05, 0) is 38.2 Å². The summed E-state index contributed by atoms with van der Waals surface area (Å²) in [5.74, 6) is -0.0819. The smallest absolute Gasteiger partial charge is 0.325 e. The van der Waals surface area contributed by atoms with E-state index in [1.54, 1.807) is 11.8 Å². The first-order valence-electron chi connectivity index (χ1n) is 8.80. The molecule has 0 aliphatic carbocycles. The summed E-state index contributed by atoms with van der Waals surface area (Å²) in [5, 5.41) is 2.75. The largest absolute Gasteiger partial charge is 0.341 e. The average molecular weight is 343 g/mol. The van der Waals surface area contributed by atoms with E-state index >= 15 is 0 Å². The summed E-state index contributed by atoms with van der Waals surface area (Å²) in [5.41, 5.74) is 0.675. The van der Waals surface area contributed by atoms with E-state index < -0.39 is 11.6 Å². The molecule has 134 valence electrons. The summed E-state index contributed by atoms with van der Waals surface area (Å²) < 4.78 is 0. The van der Waals surface area contributed by atoms with Gasteiger partial charge in [-0.3, -0.25) is 14.5 Å². The minimum atomic E-state index is -1.12. The Hall–Kier alpha value is -2.37. The first kappa shape index (κ1) is 17.5. The highest BCUT2D eigenvalue weighted by atomic mass is 16.2. The van der Waals surface area contributed by atoms with Crippen LogP contribution in [-0.4, -0.2) is 47.3 Å². The Balaban J connectivity index is 1.75. The fourth-order valence-corrected chi connectivity index (χ4v) is 3.57. The van der Waals surface area contributed by atoms with E-state index in [-0.39, 0.29) is 18.4 Å². The zero-order chi connectivity index (χ0) is 18.2. The summed E-state index contributed by atoms with van der Waals surface area (Å²) >= 11 is 0. The van der Waals surface area contributed by atoms with Crippen LogP contribution in [0.25, 0.3) is 0 Å². The van der Waals surface area contributed by atoms with Gasteiger partial charge in [0, 0.05) is 13.1 Å². The molecule has 6 heteroatoms. The van der Waals surface area contributed by atoms with Crippen molar-refractivity contribution >= 4 is 17.8 Å². The topological polar surface area (TPSA) is 69.7 Å². The first-order chi connectivity index (χ1) is 11.8. The van der Waals surface area contributed by atoms with E-state index in [0.29, 0.717) is 19.0 Å². The highest BCUT2D eigenvalue weighted by Crippen LogP contribution is 2.29. The number of nitrogens with one attached hydrogen (secondary N) is 1. The van der Waals surface area contributed by atoms with Gasteiger partial charge in [0.1, 0.15) is 12.1 Å². The van der Waals surface area contributed by atoms with Crippen molar-refractivity contribution in [2.45, 2.75) is 39.2 Å². The van der Waals surface area contributed by atoms with E-state index in [1.165, 1.54) is 0 Å². The maximum Gasteiger partial charge on any atom is 0.325 e. The Morgan fingerprint density at radius 2 is 1.96 bits per heavy atom. The van der Waals surface area contributed by atoms with E-state index in [4.69, 9.17) is 0 Å². The molecule has 1 aromatic carbocycles. The van der Waals surface area contributed by atoms with Crippen LogP contribution in [0.4, 0.5) is 4.79 Å². The molecule has 2 unspecified atom stereocenters. The fraction of sp³-hybridized carbons (Fsp3) is 0.526. The number of carbonyl (C=O) groups excluding carboxylic acids is 3. The minimum absolute atomic E-state index is 0.164. The lowest BCUT2D eigenvalue weighted by Crippen LogP contribution is -2.47. The van der Waals surface area contributed by atoms with Gasteiger partial charge in [0.25, 0.3) is 5.91 Å². The molecule has 25 heavy (non-hydrogen) atoms. The molecule has 0 aromatic heterocycles. The molecule has 2 aliphatic heterocycles. The number of hydrogen-bond acceptors (Lipinski definition) is 3. The lowest BCUT2D eigenvalue weighted by atomic mass is 9.91. The van der Waals surface area contributed by atoms with Gasteiger partial charge in [0.05, 0.1) is 0 Å². The molecule has 0 saturated carbocycles. The maximum absolute atomic E-state index is 12.9. The second-order valence-corrected chi connectivity index (χ2v) is 7.40. The van der Waals surface area contributed by atoms with Crippen LogP contribution < -0.4 is 5.32 Å². The van der Waals surface area contributed by atoms with Gasteiger partial charge in [0.2, 0.25) is 5.91 Å². The van der Waals surface area contributed by atoms with Crippen LogP contribution in [0, 0.1) is 12.8 Å². The van der Waals surface area contributed by atoms with Crippen molar-refractivity contribution in [3.8, 4) is 0 Å². The Morgan fingerprint density at radius 3 is 2.60 bits per heavy atom. The molecule has 1 N–H and O–H groups in total. The van der Waals surface area contributed by atoms with Crippen molar-refractivity contribution < 1.29 is 14.4 Å². The van der Waals surface area contributed by atoms with Crippen molar-refractivity contribution in [2.75, 3.05) is 19.6 Å². The lowest BCUT2D eigenvalue weighted by molar-refractivity contribution is -0.139. The number of piperidine rings is 1. The molecule has 6 nitrogen and oxygen atoms in total. The highest BCUT2D eigenvalue weighted by molar-refractivity contribution is 6.09. The number of hydrogen-bond donors (Lipinski definition) is 1. The number of rotatable bonds is 3. The summed E-state index contributed by atoms with van der Waals surface area (Å²) in [6.07, 6.45) is 2.08. The third-order valence-corrected chi connectivity index (χ3v) is 5.21. The molecule has 0 bridgehead atoms. The summed E-state index contributed by atoms with van der Waals surface area (Å²) in [6, 6.07) is 6.98. The molecule has 2 atom stereocenters. The van der Waals surface area contributed by atoms with Gasteiger partial charge in [-0.1, -0.05) is 36.8 Å². The molecular weight excluding hydrogens is 318 g/mol. The lowest BCUT2D eigenvalue weighted by Gasteiger charge is -2.31. The van der Waals surface area contributed by atoms with Crippen molar-refractivity contribution in [3.05, 3.63) is 35.4 Å². The molecule has 4 amide bonds. The van der Waals surface area contributed by atoms with Crippen LogP contribution in [0.1, 0.15) is 37.8 Å². The van der Waals surface area contributed by atoms with Crippen LogP contribution in [0.2, 0.25) is 0 Å². The van der Waals surface area contributed by atoms with Crippen molar-refractivity contribution in [1.82, 2.24) is 15.1 Å². The third-order valence-electron chi connectivity index (χ3n) is 5.21. The molecular formula is C19H25N3O3. The molecule has 2 aliphatic rings. The van der Waals surface area contributed by atoms with Crippen molar-refractivity contribution in [2.24, 2.45) is 5.92 Å². The van der Waals surface area contributed by atoms with Gasteiger partial charge in [-0.25, -0.2) is 4.79 Å². The number of likely N-dealkylation sites (tertiary alicyclic amines) is 1. The molecule has 0 radical (unpaired) electrons. The van der Waals surface area contributed by atoms with Gasteiger partial charge < -0.3 is 10.2 Å². The van der Waals surface area contributed by atoms with Crippen molar-refractivity contribution in [3.63, 3.8) is 0 Å². The Morgan fingerprint density at radius 1 is 1.28 bits per heavy atom. The summed E-state index contributed by atoms with van der Waals surface area (Å²) in [6.45, 7) is 6.96. The zero-order valence-electron chi connectivity index (χ0n) is 15.0. The first-order valence-corrected chi connectivity index (χ1v) is 8.80. The van der Waals surface area contributed by atoms with Gasteiger partial charge >= 0.3 is 6.03 Å². The van der Waals surface area contributed by atoms with Gasteiger partial charge in [-0.2, -0.15) is 0 Å². The number of urea groups is 1. The predicted molar refractivity (Wildman–Crippen MR) is 93.8 cm³/mol. The van der Waals surface area contributed by atoms with E-state index in [2.05, 4.69) is 12.2 Å². The number of carbonyl (C=O) groups is 3. The SMILES string of the molecule is Cc1ccc(C2(C)NC(=O)N(CC(=O)N3CCCC(C)C3)C2=O)cc1. The highest BCUT2D eigenvalue weighted by Gasteiger charge is 2.49. The van der Waals surface area contributed by atoms with Gasteiger partial charge in [-0.15, -0.1) is 0 Å². The number of nitrogens with zero attached hydrogens (tertiary/aromatic N) is 2. The average Bonchev–Trinajstić information content (AvgIpc) is 2.79. The number of imide groups is 1. The van der Waals surface area contributed by atoms with Crippen LogP contribution in [-0.2, 0) is 15.1 Å². The fourth-order valence-electron chi connectivity index (χ4n) is 3.57. The maximum atomic E-state index is 12.9. The Kier molecular flexibility index (Phi) is 4.54. The van der Waals surface area contributed by atoms with Crippen LogP contribution >= 0.6 is 0 Å². The Bertz CT molecular complexity index is 700. The second kappa shape index (κ2) is 6.50. The minimum Gasteiger partial charge on any atom is -0.341 e. The normalized spacial score (nSPS) is 26.8. The molecule has 2 fully saturated rings. The third kappa shape index (κ3) is 3.25. The van der Waals surface area contributed by atoms with Crippen LogP contribution in [0.15, 0.2) is 24.3 Å². The molecule has 1 aromatic rings. The summed E-state index contributed by atoms with van der Waals surface area (Å²) in [7, 11) is 0. The van der Waals surface area contributed by atoms with Crippen LogP contribution in [0.5, 0.6) is 0 Å². The number of amides is 4. The Labute approximate surface area is 148 Å².